The number of halogens is 1. The summed E-state index contributed by atoms with van der Waals surface area (Å²) < 4.78 is 1.07. The van der Waals surface area contributed by atoms with Crippen LogP contribution in [0.5, 0.6) is 0 Å². The van der Waals surface area contributed by atoms with Gasteiger partial charge in [0.05, 0.1) is 15.2 Å². The molecule has 34 heavy (non-hydrogen) atoms. The molecule has 1 fully saturated rings. The second kappa shape index (κ2) is 14.9. The molecule has 1 N–H and O–H groups in total. The lowest BCUT2D eigenvalue weighted by atomic mass is 10.1. The third kappa shape index (κ3) is 9.57. The molecule has 182 valence electrons. The molecule has 1 aromatic heterocycles. The van der Waals surface area contributed by atoms with Gasteiger partial charge in [-0.15, -0.1) is 11.3 Å². The van der Waals surface area contributed by atoms with Crippen molar-refractivity contribution in [3.63, 3.8) is 0 Å². The van der Waals surface area contributed by atoms with Crippen molar-refractivity contribution in [2.45, 2.75) is 57.4 Å². The molecule has 0 bridgehead atoms. The quantitative estimate of drug-likeness (QED) is 0.242. The number of piperidine rings is 1. The highest BCUT2D eigenvalue weighted by Gasteiger charge is 2.13. The number of rotatable bonds is 13. The zero-order chi connectivity index (χ0) is 24.0. The number of hydrogen-bond acceptors (Lipinski definition) is 4. The van der Waals surface area contributed by atoms with Crippen molar-refractivity contribution in [2.24, 2.45) is 0 Å². The second-order valence-corrected chi connectivity index (χ2v) is 10.2. The van der Waals surface area contributed by atoms with E-state index in [1.54, 1.807) is 17.4 Å². The fourth-order valence-electron chi connectivity index (χ4n) is 4.06. The second-order valence-electron chi connectivity index (χ2n) is 8.68. The fraction of sp³-hybridized carbons (Fsp3) is 0.429. The number of nitrogens with zero attached hydrogens (tertiary/aromatic N) is 2. The van der Waals surface area contributed by atoms with Crippen LogP contribution >= 0.6 is 22.9 Å². The molecule has 6 heteroatoms. The molecule has 1 aliphatic heterocycles. The van der Waals surface area contributed by atoms with Crippen molar-refractivity contribution in [1.29, 1.82) is 0 Å². The van der Waals surface area contributed by atoms with Crippen LogP contribution in [-0.2, 0) is 11.2 Å². The van der Waals surface area contributed by atoms with Crippen LogP contribution in [0.1, 0.15) is 50.0 Å². The van der Waals surface area contributed by atoms with E-state index in [1.807, 2.05) is 36.4 Å². The molecular weight excluding hydrogens is 462 g/mol. The van der Waals surface area contributed by atoms with Gasteiger partial charge in [0.25, 0.3) is 0 Å². The van der Waals surface area contributed by atoms with Crippen LogP contribution in [0.3, 0.4) is 0 Å². The van der Waals surface area contributed by atoms with Gasteiger partial charge in [-0.3, -0.25) is 9.69 Å². The van der Waals surface area contributed by atoms with Gasteiger partial charge in [0.2, 0.25) is 5.91 Å². The monoisotopic (exact) mass is 497 g/mol. The van der Waals surface area contributed by atoms with Crippen molar-refractivity contribution in [3.05, 3.63) is 77.3 Å². The molecule has 1 atom stereocenters. The third-order valence-electron chi connectivity index (χ3n) is 5.90. The number of aryl methyl sites for hydroxylation is 1. The predicted octanol–water partition coefficient (Wildman–Crippen LogP) is 6.88. The Morgan fingerprint density at radius 2 is 2.03 bits per heavy atom. The number of thiazole rings is 1. The number of fused-ring (bicyclic) bond motifs is 1. The lowest BCUT2D eigenvalue weighted by Crippen LogP contribution is -2.34. The number of hydrogen-bond donors (Lipinski definition) is 1. The van der Waals surface area contributed by atoms with Crippen molar-refractivity contribution < 1.29 is 4.79 Å². The predicted molar refractivity (Wildman–Crippen MR) is 147 cm³/mol. The lowest BCUT2D eigenvalue weighted by molar-refractivity contribution is -0.121. The minimum atomic E-state index is 0.0854. The summed E-state index contributed by atoms with van der Waals surface area (Å²) in [5.74, 6) is 0.0854. The number of allylic oxidation sites excluding steroid dienone is 5. The van der Waals surface area contributed by atoms with Crippen LogP contribution < -0.4 is 5.32 Å². The van der Waals surface area contributed by atoms with E-state index < -0.39 is 0 Å². The normalized spacial score (nSPS) is 16.1. The van der Waals surface area contributed by atoms with E-state index in [4.69, 9.17) is 11.6 Å². The van der Waals surface area contributed by atoms with Crippen LogP contribution in [-0.4, -0.2) is 41.5 Å². The van der Waals surface area contributed by atoms with Gasteiger partial charge in [-0.05, 0) is 63.4 Å². The summed E-state index contributed by atoms with van der Waals surface area (Å²) in [6.07, 6.45) is 22.1. The molecule has 1 amide bonds. The molecule has 1 aliphatic rings. The van der Waals surface area contributed by atoms with E-state index in [1.165, 1.54) is 32.4 Å². The number of carbonyl (C=O) groups excluding carboxylic acids is 1. The van der Waals surface area contributed by atoms with Crippen molar-refractivity contribution in [1.82, 2.24) is 15.2 Å². The first-order valence-electron chi connectivity index (χ1n) is 12.3. The third-order valence-corrected chi connectivity index (χ3v) is 7.21. The zero-order valence-corrected chi connectivity index (χ0v) is 21.5. The Hall–Kier alpha value is -2.21. The van der Waals surface area contributed by atoms with E-state index in [9.17, 15) is 4.79 Å². The Morgan fingerprint density at radius 3 is 2.85 bits per heavy atom. The lowest BCUT2D eigenvalue weighted by Gasteiger charge is -2.25. The van der Waals surface area contributed by atoms with Gasteiger partial charge < -0.3 is 5.32 Å². The SMILES string of the molecule is C=C/C=C\C=C/CCC(C/C=C/CN1CCCCC1)NC(=O)CCc1nc2ccc(Cl)cc2s1. The van der Waals surface area contributed by atoms with Gasteiger partial charge >= 0.3 is 0 Å². The molecule has 2 heterocycles. The first-order chi connectivity index (χ1) is 16.6. The topological polar surface area (TPSA) is 45.2 Å². The zero-order valence-electron chi connectivity index (χ0n) is 19.9. The standard InChI is InChI=1S/C28H36ClN3OS/c1-2-3-4-5-6-8-13-24(14-9-12-21-32-19-10-7-11-20-32)30-27(33)17-18-28-31-25-16-15-23(29)22-26(25)34-28/h2-6,9,12,15-16,22,24H,1,7-8,10-11,13-14,17-21H2,(H,30,33)/b4-3-,6-5-,12-9+. The maximum absolute atomic E-state index is 12.7. The van der Waals surface area contributed by atoms with Crippen molar-refractivity contribution >= 4 is 39.1 Å². The van der Waals surface area contributed by atoms with Gasteiger partial charge in [-0.25, -0.2) is 4.98 Å². The molecule has 2 aromatic rings. The summed E-state index contributed by atoms with van der Waals surface area (Å²) in [4.78, 5) is 19.9. The van der Waals surface area contributed by atoms with Gasteiger partial charge in [0.15, 0.2) is 0 Å². The van der Waals surface area contributed by atoms with E-state index in [2.05, 4.69) is 40.0 Å². The molecular formula is C28H36ClN3OS. The highest BCUT2D eigenvalue weighted by molar-refractivity contribution is 7.18. The van der Waals surface area contributed by atoms with Gasteiger partial charge in [-0.2, -0.15) is 0 Å². The summed E-state index contributed by atoms with van der Waals surface area (Å²) in [5.41, 5.74) is 0.943. The molecule has 1 saturated heterocycles. The van der Waals surface area contributed by atoms with Crippen LogP contribution in [0.25, 0.3) is 10.2 Å². The fourth-order valence-corrected chi connectivity index (χ4v) is 5.31. The number of benzene rings is 1. The van der Waals surface area contributed by atoms with E-state index in [0.717, 1.165) is 41.0 Å². The molecule has 1 unspecified atom stereocenters. The Balaban J connectivity index is 1.48. The van der Waals surface area contributed by atoms with E-state index in [0.29, 0.717) is 17.9 Å². The van der Waals surface area contributed by atoms with Crippen LogP contribution in [0.4, 0.5) is 0 Å². The Bertz CT molecular complexity index is 1000. The molecule has 0 saturated carbocycles. The van der Waals surface area contributed by atoms with E-state index >= 15 is 0 Å². The minimum absolute atomic E-state index is 0.0854. The summed E-state index contributed by atoms with van der Waals surface area (Å²) in [5, 5.41) is 4.94. The minimum Gasteiger partial charge on any atom is -0.353 e. The van der Waals surface area contributed by atoms with Crippen molar-refractivity contribution in [3.8, 4) is 0 Å². The Morgan fingerprint density at radius 1 is 1.18 bits per heavy atom. The number of aromatic nitrogens is 1. The highest BCUT2D eigenvalue weighted by Crippen LogP contribution is 2.26. The van der Waals surface area contributed by atoms with Gasteiger partial charge in [0.1, 0.15) is 0 Å². The highest BCUT2D eigenvalue weighted by atomic mass is 35.5. The Kier molecular flexibility index (Phi) is 11.6. The summed E-state index contributed by atoms with van der Waals surface area (Å²) >= 11 is 7.69. The van der Waals surface area contributed by atoms with Gasteiger partial charge in [-0.1, -0.05) is 67.1 Å². The van der Waals surface area contributed by atoms with Gasteiger partial charge in [0, 0.05) is 30.5 Å². The first kappa shape index (κ1) is 26.4. The first-order valence-corrected chi connectivity index (χ1v) is 13.5. The number of nitrogens with one attached hydrogen (secondary N) is 1. The van der Waals surface area contributed by atoms with Crippen LogP contribution in [0.2, 0.25) is 5.02 Å². The average Bonchev–Trinajstić information content (AvgIpc) is 3.25. The maximum atomic E-state index is 12.7. The number of carbonyl (C=O) groups is 1. The molecule has 1 aromatic carbocycles. The van der Waals surface area contributed by atoms with E-state index in [-0.39, 0.29) is 11.9 Å². The van der Waals surface area contributed by atoms with Crippen LogP contribution in [0, 0.1) is 0 Å². The Labute approximate surface area is 213 Å². The summed E-state index contributed by atoms with van der Waals surface area (Å²) in [6.45, 7) is 7.09. The molecule has 0 radical (unpaired) electrons. The number of amides is 1. The molecule has 3 rings (SSSR count). The molecule has 0 aliphatic carbocycles. The average molecular weight is 498 g/mol. The number of likely N-dealkylation sites (tertiary alicyclic amines) is 1. The van der Waals surface area contributed by atoms with Crippen LogP contribution in [0.15, 0.2) is 67.3 Å². The largest absolute Gasteiger partial charge is 0.353 e. The summed E-state index contributed by atoms with van der Waals surface area (Å²) in [6, 6.07) is 5.85. The molecule has 0 spiro atoms. The molecule has 4 nitrogen and oxygen atoms in total. The smallest absolute Gasteiger partial charge is 0.220 e. The van der Waals surface area contributed by atoms with Crippen molar-refractivity contribution in [2.75, 3.05) is 19.6 Å². The summed E-state index contributed by atoms with van der Waals surface area (Å²) in [7, 11) is 0. The maximum Gasteiger partial charge on any atom is 0.220 e.